The summed E-state index contributed by atoms with van der Waals surface area (Å²) in [6.45, 7) is 14.8. The molecular weight excluding hydrogens is 326 g/mol. The first-order valence-electron chi connectivity index (χ1n) is 10.3. The van der Waals surface area contributed by atoms with E-state index in [1.807, 2.05) is 0 Å². The molecule has 0 unspecified atom stereocenters. The second kappa shape index (κ2) is 8.80. The van der Waals surface area contributed by atoms with E-state index in [0.717, 1.165) is 6.29 Å². The molecule has 2 rings (SSSR count). The fourth-order valence-corrected chi connectivity index (χ4v) is 14.0. The molecule has 2 fully saturated rings. The van der Waals surface area contributed by atoms with Gasteiger partial charge in [-0.25, -0.2) is 0 Å². The van der Waals surface area contributed by atoms with Crippen LogP contribution in [0.15, 0.2) is 0 Å². The summed E-state index contributed by atoms with van der Waals surface area (Å²) in [6.07, 6.45) is 14.4. The van der Waals surface area contributed by atoms with Crippen molar-refractivity contribution in [3.05, 3.63) is 6.29 Å². The quantitative estimate of drug-likeness (QED) is 0.564. The van der Waals surface area contributed by atoms with Crippen molar-refractivity contribution in [3.63, 3.8) is 0 Å². The molecule has 3 radical (unpaired) electrons. The lowest BCUT2D eigenvalue weighted by Gasteiger charge is -2.48. The Morgan fingerprint density at radius 2 is 0.958 bits per heavy atom. The predicted molar refractivity (Wildman–Crippen MR) is 110 cm³/mol. The van der Waals surface area contributed by atoms with Crippen molar-refractivity contribution in [2.24, 2.45) is 0 Å². The van der Waals surface area contributed by atoms with E-state index in [0.29, 0.717) is 12.1 Å². The van der Waals surface area contributed by atoms with Gasteiger partial charge >= 0.3 is 0 Å². The fraction of sp³-hybridized carbons (Fsp3) is 0.947. The molecule has 0 spiro atoms. The third-order valence-corrected chi connectivity index (χ3v) is 12.4. The van der Waals surface area contributed by atoms with Gasteiger partial charge in [-0.05, 0) is 25.7 Å². The zero-order valence-corrected chi connectivity index (χ0v) is 19.1. The summed E-state index contributed by atoms with van der Waals surface area (Å²) in [7, 11) is -2.97. The Kier molecular flexibility index (Phi) is 7.56. The summed E-state index contributed by atoms with van der Waals surface area (Å²) < 4.78 is 2.75. The van der Waals surface area contributed by atoms with E-state index in [1.54, 1.807) is 0 Å². The van der Waals surface area contributed by atoms with Crippen LogP contribution in [0.5, 0.6) is 0 Å². The van der Waals surface area contributed by atoms with Crippen LogP contribution < -0.4 is 10.6 Å². The highest BCUT2D eigenvalue weighted by Gasteiger charge is 2.43. The highest BCUT2D eigenvalue weighted by molar-refractivity contribution is 6.89. The van der Waals surface area contributed by atoms with Gasteiger partial charge in [0.1, 0.15) is 16.5 Å². The molecule has 0 bridgehead atoms. The minimum atomic E-state index is -1.48. The highest BCUT2D eigenvalue weighted by Crippen LogP contribution is 2.30. The Balaban J connectivity index is 2.14. The Bertz CT molecular complexity index is 330. The number of nitrogens with zero attached hydrogens (tertiary/aromatic N) is 3. The predicted octanol–water partition coefficient (Wildman–Crippen LogP) is 5.28. The molecule has 2 saturated carbocycles. The van der Waals surface area contributed by atoms with Gasteiger partial charge in [0.2, 0.25) is 0 Å². The second-order valence-electron chi connectivity index (χ2n) is 9.82. The molecule has 5 heteroatoms. The molecule has 0 atom stereocenters. The van der Waals surface area contributed by atoms with Gasteiger partial charge in [-0.2, -0.15) is 10.6 Å². The zero-order chi connectivity index (χ0) is 17.8. The Morgan fingerprint density at radius 3 is 1.25 bits per heavy atom. The van der Waals surface area contributed by atoms with Crippen molar-refractivity contribution in [1.29, 1.82) is 0 Å². The lowest BCUT2D eigenvalue weighted by atomic mass is 9.95. The number of hydrogen-bond acceptors (Lipinski definition) is 1. The molecule has 139 valence electrons. The summed E-state index contributed by atoms with van der Waals surface area (Å²) in [6, 6.07) is 1.05. The van der Waals surface area contributed by atoms with Gasteiger partial charge in [0.25, 0.3) is 0 Å². The van der Waals surface area contributed by atoms with Crippen LogP contribution in [0.1, 0.15) is 64.2 Å². The molecule has 2 aliphatic carbocycles. The third kappa shape index (κ3) is 6.24. The normalized spacial score (nSPS) is 22.5. The average molecular weight is 367 g/mol. The van der Waals surface area contributed by atoms with E-state index >= 15 is 0 Å². The van der Waals surface area contributed by atoms with Crippen LogP contribution in [-0.4, -0.2) is 32.8 Å². The molecule has 0 N–H and O–H groups in total. The van der Waals surface area contributed by atoms with Gasteiger partial charge in [0.05, 0.1) is 0 Å². The molecule has 0 aromatic rings. The molecule has 3 nitrogen and oxygen atoms in total. The lowest BCUT2D eigenvalue weighted by molar-refractivity contribution is 0.271. The fourth-order valence-electron chi connectivity index (χ4n) is 4.50. The molecule has 0 saturated heterocycles. The van der Waals surface area contributed by atoms with Crippen molar-refractivity contribution in [2.75, 3.05) is 0 Å². The monoisotopic (exact) mass is 366 g/mol. The molecule has 0 amide bonds. The molecule has 0 aromatic heterocycles. The molecule has 0 heterocycles. The maximum atomic E-state index is 5.31. The first kappa shape index (κ1) is 20.6. The number of rotatable bonds is 7. The van der Waals surface area contributed by atoms with Gasteiger partial charge in [-0.1, -0.05) is 77.8 Å². The summed E-state index contributed by atoms with van der Waals surface area (Å²) in [5.74, 6) is 0. The minimum Gasteiger partial charge on any atom is -0.310 e. The maximum Gasteiger partial charge on any atom is 0.194 e. The topological polar surface area (TPSA) is 31.4 Å². The molecular formula is C19H40N3Si2. The molecule has 0 aromatic carbocycles. The smallest absolute Gasteiger partial charge is 0.194 e. The van der Waals surface area contributed by atoms with Crippen molar-refractivity contribution < 1.29 is 0 Å². The maximum absolute atomic E-state index is 5.31. The zero-order valence-electron chi connectivity index (χ0n) is 17.1. The van der Waals surface area contributed by atoms with Gasteiger partial charge in [-0.15, -0.1) is 0 Å². The van der Waals surface area contributed by atoms with E-state index in [1.165, 1.54) is 64.2 Å². The minimum absolute atomic E-state index is 0.524. The summed E-state index contributed by atoms with van der Waals surface area (Å²) in [5, 5.41) is 10.6. The van der Waals surface area contributed by atoms with Gasteiger partial charge < -0.3 is 4.23 Å². The molecule has 0 aliphatic heterocycles. The lowest BCUT2D eigenvalue weighted by Crippen LogP contribution is -2.65. The van der Waals surface area contributed by atoms with Gasteiger partial charge in [-0.3, -0.25) is 0 Å². The van der Waals surface area contributed by atoms with E-state index < -0.39 is 16.5 Å². The summed E-state index contributed by atoms with van der Waals surface area (Å²) in [4.78, 5) is 0. The summed E-state index contributed by atoms with van der Waals surface area (Å²) >= 11 is 0. The van der Waals surface area contributed by atoms with Crippen LogP contribution >= 0.6 is 0 Å². The average Bonchev–Trinajstić information content (AvgIpc) is 2.46. The van der Waals surface area contributed by atoms with Gasteiger partial charge in [0, 0.05) is 12.1 Å². The van der Waals surface area contributed by atoms with Crippen LogP contribution in [0.3, 0.4) is 0 Å². The van der Waals surface area contributed by atoms with Crippen molar-refractivity contribution in [2.45, 2.75) is 116 Å². The van der Waals surface area contributed by atoms with Crippen LogP contribution in [0.25, 0.3) is 0 Å². The van der Waals surface area contributed by atoms with E-state index in [9.17, 15) is 0 Å². The van der Waals surface area contributed by atoms with E-state index in [-0.39, 0.29) is 0 Å². The third-order valence-electron chi connectivity index (χ3n) is 5.29. The van der Waals surface area contributed by atoms with Crippen LogP contribution in [-0.2, 0) is 0 Å². The molecule has 24 heavy (non-hydrogen) atoms. The Hall–Kier alpha value is 0.314. The first-order chi connectivity index (χ1) is 11.2. The SMILES string of the molecule is C[Si](C)(C)N([C]([N]C1CCCCC1)[N]C1CCCCC1)[Si](C)(C)C. The van der Waals surface area contributed by atoms with E-state index in [4.69, 9.17) is 10.6 Å². The highest BCUT2D eigenvalue weighted by atomic mass is 28.4. The first-order valence-corrected chi connectivity index (χ1v) is 17.2. The number of hydrogen-bond donors (Lipinski definition) is 0. The van der Waals surface area contributed by atoms with Crippen LogP contribution in [0, 0.1) is 6.29 Å². The van der Waals surface area contributed by atoms with Gasteiger partial charge in [0.15, 0.2) is 6.29 Å². The largest absolute Gasteiger partial charge is 0.310 e. The molecule has 2 aliphatic rings. The van der Waals surface area contributed by atoms with Crippen molar-refractivity contribution in [3.8, 4) is 0 Å². The van der Waals surface area contributed by atoms with Crippen molar-refractivity contribution in [1.82, 2.24) is 14.9 Å². The second-order valence-corrected chi connectivity index (χ2v) is 19.8. The standard InChI is InChI=1S/C19H40N3Si2/c1-23(2,3)22(24(4,5)6)19(20-17-13-9-7-10-14-17)21-18-15-11-8-12-16-18/h17-18H,7-16H2,1-6H3. The Morgan fingerprint density at radius 1 is 0.625 bits per heavy atom. The van der Waals surface area contributed by atoms with Crippen molar-refractivity contribution >= 4 is 16.5 Å². The van der Waals surface area contributed by atoms with E-state index in [2.05, 4.69) is 43.5 Å². The Labute approximate surface area is 153 Å². The summed E-state index contributed by atoms with van der Waals surface area (Å²) in [5.41, 5.74) is 0. The van der Waals surface area contributed by atoms with Crippen LogP contribution in [0.2, 0.25) is 39.3 Å². The van der Waals surface area contributed by atoms with Crippen LogP contribution in [0.4, 0.5) is 0 Å².